The van der Waals surface area contributed by atoms with Crippen LogP contribution in [0.5, 0.6) is 5.75 Å². The highest BCUT2D eigenvalue weighted by Crippen LogP contribution is 2.35. The lowest BCUT2D eigenvalue weighted by Crippen LogP contribution is -2.48. The number of aryl methyl sites for hydroxylation is 1. The molecule has 0 amide bonds. The second-order valence-corrected chi connectivity index (χ2v) is 5.24. The molecule has 1 saturated heterocycles. The van der Waals surface area contributed by atoms with E-state index in [1.54, 1.807) is 7.11 Å². The molecule has 1 aliphatic heterocycles. The van der Waals surface area contributed by atoms with E-state index in [0.717, 1.165) is 18.8 Å². The van der Waals surface area contributed by atoms with Gasteiger partial charge < -0.3 is 15.4 Å². The molecule has 1 aliphatic rings. The molecule has 1 aromatic carbocycles. The third-order valence-electron chi connectivity index (χ3n) is 4.23. The van der Waals surface area contributed by atoms with Gasteiger partial charge >= 0.3 is 0 Å². The lowest BCUT2D eigenvalue weighted by atomic mass is 9.83. The SMILES string of the molecule is CNC(c1c(C)cc(OC)c(C)c1C)C1CNC1. The maximum atomic E-state index is 5.44. The fourth-order valence-electron chi connectivity index (χ4n) is 2.92. The van der Waals surface area contributed by atoms with E-state index < -0.39 is 0 Å². The van der Waals surface area contributed by atoms with Crippen LogP contribution in [0.4, 0.5) is 0 Å². The fourth-order valence-corrected chi connectivity index (χ4v) is 2.92. The van der Waals surface area contributed by atoms with E-state index in [4.69, 9.17) is 4.74 Å². The number of ether oxygens (including phenoxy) is 1. The van der Waals surface area contributed by atoms with Gasteiger partial charge in [-0.25, -0.2) is 0 Å². The van der Waals surface area contributed by atoms with Gasteiger partial charge in [0.15, 0.2) is 0 Å². The monoisotopic (exact) mass is 248 g/mol. The van der Waals surface area contributed by atoms with E-state index in [9.17, 15) is 0 Å². The molecule has 1 atom stereocenters. The van der Waals surface area contributed by atoms with Crippen LogP contribution in [0.3, 0.4) is 0 Å². The molecule has 3 heteroatoms. The van der Waals surface area contributed by atoms with Crippen molar-refractivity contribution in [3.8, 4) is 5.75 Å². The molecule has 100 valence electrons. The van der Waals surface area contributed by atoms with Crippen LogP contribution in [0.2, 0.25) is 0 Å². The Morgan fingerprint density at radius 1 is 1.28 bits per heavy atom. The van der Waals surface area contributed by atoms with Crippen molar-refractivity contribution in [2.45, 2.75) is 26.8 Å². The molecule has 0 bridgehead atoms. The maximum absolute atomic E-state index is 5.44. The van der Waals surface area contributed by atoms with Gasteiger partial charge in [0.25, 0.3) is 0 Å². The summed E-state index contributed by atoms with van der Waals surface area (Å²) in [6.07, 6.45) is 0. The van der Waals surface area contributed by atoms with Crippen LogP contribution in [0.25, 0.3) is 0 Å². The largest absolute Gasteiger partial charge is 0.496 e. The molecule has 0 saturated carbocycles. The van der Waals surface area contributed by atoms with E-state index in [1.165, 1.54) is 22.3 Å². The lowest BCUT2D eigenvalue weighted by Gasteiger charge is -2.36. The minimum atomic E-state index is 0.441. The Labute approximate surface area is 110 Å². The van der Waals surface area contributed by atoms with Crippen LogP contribution in [0, 0.1) is 26.7 Å². The molecule has 1 aromatic rings. The highest BCUT2D eigenvalue weighted by molar-refractivity contribution is 5.49. The van der Waals surface area contributed by atoms with Gasteiger partial charge in [0, 0.05) is 25.0 Å². The highest BCUT2D eigenvalue weighted by Gasteiger charge is 2.29. The molecule has 3 nitrogen and oxygen atoms in total. The fraction of sp³-hybridized carbons (Fsp3) is 0.600. The van der Waals surface area contributed by atoms with E-state index in [-0.39, 0.29) is 0 Å². The Morgan fingerprint density at radius 3 is 2.39 bits per heavy atom. The Bertz CT molecular complexity index is 439. The molecule has 1 fully saturated rings. The summed E-state index contributed by atoms with van der Waals surface area (Å²) < 4.78 is 5.44. The van der Waals surface area contributed by atoms with E-state index in [0.29, 0.717) is 12.0 Å². The van der Waals surface area contributed by atoms with Gasteiger partial charge in [-0.3, -0.25) is 0 Å². The molecule has 0 spiro atoms. The number of methoxy groups -OCH3 is 1. The predicted octanol–water partition coefficient (Wildman–Crippen LogP) is 2.10. The molecular weight excluding hydrogens is 224 g/mol. The Hall–Kier alpha value is -1.06. The minimum Gasteiger partial charge on any atom is -0.496 e. The molecule has 2 rings (SSSR count). The van der Waals surface area contributed by atoms with Gasteiger partial charge in [-0.05, 0) is 56.1 Å². The second kappa shape index (κ2) is 5.29. The number of hydrogen-bond acceptors (Lipinski definition) is 3. The smallest absolute Gasteiger partial charge is 0.122 e. The Morgan fingerprint density at radius 2 is 1.94 bits per heavy atom. The summed E-state index contributed by atoms with van der Waals surface area (Å²) in [6.45, 7) is 8.74. The van der Waals surface area contributed by atoms with Crippen molar-refractivity contribution in [1.82, 2.24) is 10.6 Å². The number of rotatable bonds is 4. The van der Waals surface area contributed by atoms with Gasteiger partial charge in [0.2, 0.25) is 0 Å². The minimum absolute atomic E-state index is 0.441. The highest BCUT2D eigenvalue weighted by atomic mass is 16.5. The van der Waals surface area contributed by atoms with Crippen molar-refractivity contribution in [1.29, 1.82) is 0 Å². The first-order valence-corrected chi connectivity index (χ1v) is 6.62. The topological polar surface area (TPSA) is 33.3 Å². The van der Waals surface area contributed by atoms with E-state index in [2.05, 4.69) is 44.5 Å². The van der Waals surface area contributed by atoms with E-state index >= 15 is 0 Å². The van der Waals surface area contributed by atoms with Crippen molar-refractivity contribution in [2.75, 3.05) is 27.2 Å². The molecule has 0 aromatic heterocycles. The van der Waals surface area contributed by atoms with Gasteiger partial charge in [0.1, 0.15) is 5.75 Å². The summed E-state index contributed by atoms with van der Waals surface area (Å²) in [6, 6.07) is 2.60. The van der Waals surface area contributed by atoms with Crippen LogP contribution in [-0.4, -0.2) is 27.2 Å². The maximum Gasteiger partial charge on any atom is 0.122 e. The van der Waals surface area contributed by atoms with Crippen molar-refractivity contribution in [3.63, 3.8) is 0 Å². The van der Waals surface area contributed by atoms with E-state index in [1.807, 2.05) is 0 Å². The Balaban J connectivity index is 2.45. The molecular formula is C15H24N2O. The van der Waals surface area contributed by atoms with Gasteiger partial charge in [0.05, 0.1) is 7.11 Å². The summed E-state index contributed by atoms with van der Waals surface area (Å²) in [5.41, 5.74) is 5.38. The standard InChI is InChI=1S/C15H24N2O/c1-9-6-13(18-5)10(2)11(3)14(9)15(16-4)12-7-17-8-12/h6,12,15-17H,7-8H2,1-5H3. The van der Waals surface area contributed by atoms with Crippen molar-refractivity contribution < 1.29 is 4.74 Å². The van der Waals surface area contributed by atoms with Crippen LogP contribution < -0.4 is 15.4 Å². The molecule has 0 aliphatic carbocycles. The van der Waals surface area contributed by atoms with Crippen molar-refractivity contribution in [2.24, 2.45) is 5.92 Å². The quantitative estimate of drug-likeness (QED) is 0.856. The first-order chi connectivity index (χ1) is 8.60. The van der Waals surface area contributed by atoms with Crippen LogP contribution in [-0.2, 0) is 0 Å². The van der Waals surface area contributed by atoms with Crippen LogP contribution in [0.1, 0.15) is 28.3 Å². The van der Waals surface area contributed by atoms with Gasteiger partial charge in [-0.15, -0.1) is 0 Å². The molecule has 2 N–H and O–H groups in total. The normalized spacial score (nSPS) is 17.4. The summed E-state index contributed by atoms with van der Waals surface area (Å²) in [7, 11) is 3.80. The number of hydrogen-bond donors (Lipinski definition) is 2. The summed E-state index contributed by atoms with van der Waals surface area (Å²) in [5, 5.41) is 6.84. The predicted molar refractivity (Wildman–Crippen MR) is 75.4 cm³/mol. The zero-order valence-electron chi connectivity index (χ0n) is 12.1. The first-order valence-electron chi connectivity index (χ1n) is 6.62. The average Bonchev–Trinajstić information content (AvgIpc) is 2.30. The zero-order valence-corrected chi connectivity index (χ0v) is 12.1. The third kappa shape index (κ3) is 2.13. The van der Waals surface area contributed by atoms with Gasteiger partial charge in [-0.2, -0.15) is 0 Å². The molecule has 1 unspecified atom stereocenters. The molecule has 18 heavy (non-hydrogen) atoms. The summed E-state index contributed by atoms with van der Waals surface area (Å²) in [5.74, 6) is 1.69. The average molecular weight is 248 g/mol. The molecule has 0 radical (unpaired) electrons. The first kappa shape index (κ1) is 13.4. The summed E-state index contributed by atoms with van der Waals surface area (Å²) >= 11 is 0. The van der Waals surface area contributed by atoms with Gasteiger partial charge in [-0.1, -0.05) is 0 Å². The number of benzene rings is 1. The lowest BCUT2D eigenvalue weighted by molar-refractivity contribution is 0.266. The zero-order chi connectivity index (χ0) is 13.3. The second-order valence-electron chi connectivity index (χ2n) is 5.24. The third-order valence-corrected chi connectivity index (χ3v) is 4.23. The summed E-state index contributed by atoms with van der Waals surface area (Å²) in [4.78, 5) is 0. The molecule has 1 heterocycles. The Kier molecular flexibility index (Phi) is 3.93. The van der Waals surface area contributed by atoms with Crippen molar-refractivity contribution >= 4 is 0 Å². The van der Waals surface area contributed by atoms with Crippen LogP contribution >= 0.6 is 0 Å². The van der Waals surface area contributed by atoms with Crippen LogP contribution in [0.15, 0.2) is 6.07 Å². The van der Waals surface area contributed by atoms with Crippen molar-refractivity contribution in [3.05, 3.63) is 28.3 Å². The number of nitrogens with one attached hydrogen (secondary N) is 2.